The molecule has 7 heteroatoms. The summed E-state index contributed by atoms with van der Waals surface area (Å²) >= 11 is 0. The smallest absolute Gasteiger partial charge is 0.273 e. The summed E-state index contributed by atoms with van der Waals surface area (Å²) in [5, 5.41) is 9.98. The number of aromatic amines is 1. The van der Waals surface area contributed by atoms with Crippen molar-refractivity contribution in [3.05, 3.63) is 72.3 Å². The number of benzene rings is 2. The highest BCUT2D eigenvalue weighted by molar-refractivity contribution is 6.03. The number of nitrogens with one attached hydrogen (secondary N) is 2. The topological polar surface area (TPSA) is 84.8 Å². The fourth-order valence-electron chi connectivity index (χ4n) is 3.78. The Hall–Kier alpha value is -3.87. The van der Waals surface area contributed by atoms with Gasteiger partial charge in [0.25, 0.3) is 5.91 Å². The highest BCUT2D eigenvalue weighted by Crippen LogP contribution is 2.27. The van der Waals surface area contributed by atoms with E-state index in [0.717, 1.165) is 53.5 Å². The van der Waals surface area contributed by atoms with Crippen LogP contribution in [-0.2, 0) is 13.0 Å². The third kappa shape index (κ3) is 3.34. The van der Waals surface area contributed by atoms with Crippen molar-refractivity contribution in [2.24, 2.45) is 0 Å². The lowest BCUT2D eigenvalue weighted by Crippen LogP contribution is -2.12. The standard InChI is InChI=1S/C23H21N5O2/c1-30-18-5-2-4-16(12-18)19-13-20(27-26-19)23(29)25-17-9-7-15(8-10-17)21-14-24-22-6-3-11-28(21)22/h2,4-5,7-10,12-14H,3,6,11H2,1H3,(H,25,29)(H,26,27). The Bertz CT molecular complexity index is 1210. The molecule has 30 heavy (non-hydrogen) atoms. The lowest BCUT2D eigenvalue weighted by Gasteiger charge is -2.07. The number of anilines is 1. The molecule has 3 heterocycles. The van der Waals surface area contributed by atoms with E-state index in [1.807, 2.05) is 54.7 Å². The normalized spacial score (nSPS) is 12.6. The molecule has 2 N–H and O–H groups in total. The number of imidazole rings is 1. The van der Waals surface area contributed by atoms with Gasteiger partial charge in [-0.2, -0.15) is 5.10 Å². The minimum Gasteiger partial charge on any atom is -0.497 e. The number of carbonyl (C=O) groups is 1. The number of carbonyl (C=O) groups excluding carboxylic acids is 1. The summed E-state index contributed by atoms with van der Waals surface area (Å²) in [6.45, 7) is 1.01. The Kier molecular flexibility index (Phi) is 4.55. The van der Waals surface area contributed by atoms with Crippen LogP contribution in [-0.4, -0.2) is 32.8 Å². The van der Waals surface area contributed by atoms with Gasteiger partial charge in [0.05, 0.1) is 24.7 Å². The molecule has 0 radical (unpaired) electrons. The number of amides is 1. The highest BCUT2D eigenvalue weighted by atomic mass is 16.5. The van der Waals surface area contributed by atoms with E-state index in [1.165, 1.54) is 0 Å². The monoisotopic (exact) mass is 399 g/mol. The second-order valence-electron chi connectivity index (χ2n) is 7.25. The molecule has 1 amide bonds. The Morgan fingerprint density at radius 3 is 2.83 bits per heavy atom. The van der Waals surface area contributed by atoms with E-state index < -0.39 is 0 Å². The number of hydrogen-bond acceptors (Lipinski definition) is 4. The van der Waals surface area contributed by atoms with Crippen LogP contribution in [0.4, 0.5) is 5.69 Å². The van der Waals surface area contributed by atoms with Crippen molar-refractivity contribution >= 4 is 11.6 Å². The van der Waals surface area contributed by atoms with Crippen LogP contribution in [0.25, 0.3) is 22.5 Å². The van der Waals surface area contributed by atoms with Gasteiger partial charge in [0.2, 0.25) is 0 Å². The van der Waals surface area contributed by atoms with Crippen molar-refractivity contribution in [1.29, 1.82) is 0 Å². The summed E-state index contributed by atoms with van der Waals surface area (Å²) in [5.74, 6) is 1.65. The van der Waals surface area contributed by atoms with Gasteiger partial charge in [0.15, 0.2) is 0 Å². The summed E-state index contributed by atoms with van der Waals surface area (Å²) < 4.78 is 7.51. The maximum Gasteiger partial charge on any atom is 0.273 e. The Labute approximate surface area is 173 Å². The number of methoxy groups -OCH3 is 1. The second-order valence-corrected chi connectivity index (χ2v) is 7.25. The first kappa shape index (κ1) is 18.2. The van der Waals surface area contributed by atoms with Crippen LogP contribution < -0.4 is 10.1 Å². The summed E-state index contributed by atoms with van der Waals surface area (Å²) in [4.78, 5) is 17.1. The van der Waals surface area contributed by atoms with Crippen molar-refractivity contribution < 1.29 is 9.53 Å². The maximum absolute atomic E-state index is 12.6. The van der Waals surface area contributed by atoms with Crippen molar-refractivity contribution in [2.75, 3.05) is 12.4 Å². The van der Waals surface area contributed by atoms with Gasteiger partial charge in [-0.1, -0.05) is 24.3 Å². The zero-order chi connectivity index (χ0) is 20.5. The largest absolute Gasteiger partial charge is 0.497 e. The quantitative estimate of drug-likeness (QED) is 0.528. The predicted molar refractivity (Wildman–Crippen MR) is 115 cm³/mol. The number of hydrogen-bond donors (Lipinski definition) is 2. The molecule has 0 saturated carbocycles. The van der Waals surface area contributed by atoms with Crippen molar-refractivity contribution in [3.8, 4) is 28.3 Å². The number of fused-ring (bicyclic) bond motifs is 1. The van der Waals surface area contributed by atoms with E-state index in [2.05, 4.69) is 25.1 Å². The average molecular weight is 399 g/mol. The first-order valence-corrected chi connectivity index (χ1v) is 9.87. The zero-order valence-electron chi connectivity index (χ0n) is 16.6. The molecule has 0 unspecified atom stereocenters. The summed E-state index contributed by atoms with van der Waals surface area (Å²) in [6, 6.07) is 17.1. The second kappa shape index (κ2) is 7.51. The summed E-state index contributed by atoms with van der Waals surface area (Å²) in [6.07, 6.45) is 4.11. The molecule has 0 aliphatic carbocycles. The van der Waals surface area contributed by atoms with Crippen LogP contribution in [0.15, 0.2) is 60.8 Å². The number of H-pyrrole nitrogens is 1. The summed E-state index contributed by atoms with van der Waals surface area (Å²) in [7, 11) is 1.62. The maximum atomic E-state index is 12.6. The van der Waals surface area contributed by atoms with Gasteiger partial charge in [-0.3, -0.25) is 9.89 Å². The molecule has 4 aromatic rings. The first-order chi connectivity index (χ1) is 14.7. The van der Waals surface area contributed by atoms with Crippen LogP contribution in [0.5, 0.6) is 5.75 Å². The molecule has 2 aromatic carbocycles. The van der Waals surface area contributed by atoms with Gasteiger partial charge < -0.3 is 14.6 Å². The first-order valence-electron chi connectivity index (χ1n) is 9.87. The molecular formula is C23H21N5O2. The van der Waals surface area contributed by atoms with Crippen LogP contribution in [0.1, 0.15) is 22.7 Å². The molecule has 0 atom stereocenters. The zero-order valence-corrected chi connectivity index (χ0v) is 16.6. The Morgan fingerprint density at radius 2 is 2.00 bits per heavy atom. The lowest BCUT2D eigenvalue weighted by atomic mass is 10.1. The number of ether oxygens (including phenoxy) is 1. The molecule has 0 spiro atoms. The van der Waals surface area contributed by atoms with Crippen LogP contribution in [0, 0.1) is 0 Å². The molecular weight excluding hydrogens is 378 g/mol. The van der Waals surface area contributed by atoms with E-state index in [-0.39, 0.29) is 5.91 Å². The molecule has 0 bridgehead atoms. The fraction of sp³-hybridized carbons (Fsp3) is 0.174. The van der Waals surface area contributed by atoms with E-state index in [4.69, 9.17) is 4.74 Å². The van der Waals surface area contributed by atoms with Gasteiger partial charge in [0, 0.05) is 24.2 Å². The lowest BCUT2D eigenvalue weighted by molar-refractivity contribution is 0.102. The number of aryl methyl sites for hydroxylation is 1. The van der Waals surface area contributed by atoms with Crippen LogP contribution in [0.3, 0.4) is 0 Å². The number of nitrogens with zero attached hydrogens (tertiary/aromatic N) is 3. The van der Waals surface area contributed by atoms with Crippen molar-refractivity contribution in [1.82, 2.24) is 19.7 Å². The molecule has 0 fully saturated rings. The highest BCUT2D eigenvalue weighted by Gasteiger charge is 2.17. The van der Waals surface area contributed by atoms with E-state index >= 15 is 0 Å². The van der Waals surface area contributed by atoms with E-state index in [9.17, 15) is 4.79 Å². The molecule has 1 aliphatic heterocycles. The van der Waals surface area contributed by atoms with Gasteiger partial charge in [-0.15, -0.1) is 0 Å². The molecule has 150 valence electrons. The summed E-state index contributed by atoms with van der Waals surface area (Å²) in [5.41, 5.74) is 4.90. The van der Waals surface area contributed by atoms with E-state index in [0.29, 0.717) is 11.4 Å². The minimum absolute atomic E-state index is 0.241. The van der Waals surface area contributed by atoms with E-state index in [1.54, 1.807) is 13.2 Å². The van der Waals surface area contributed by atoms with Gasteiger partial charge in [-0.05, 0) is 42.3 Å². The van der Waals surface area contributed by atoms with Crippen LogP contribution in [0.2, 0.25) is 0 Å². The molecule has 1 aliphatic rings. The fourth-order valence-corrected chi connectivity index (χ4v) is 3.78. The van der Waals surface area contributed by atoms with Gasteiger partial charge in [-0.25, -0.2) is 4.98 Å². The van der Waals surface area contributed by atoms with Gasteiger partial charge >= 0.3 is 0 Å². The molecule has 5 rings (SSSR count). The molecule has 7 nitrogen and oxygen atoms in total. The molecule has 2 aromatic heterocycles. The van der Waals surface area contributed by atoms with Crippen molar-refractivity contribution in [2.45, 2.75) is 19.4 Å². The minimum atomic E-state index is -0.241. The Balaban J connectivity index is 1.30. The SMILES string of the molecule is COc1cccc(-c2cc(C(=O)Nc3ccc(-c4cnc5n4CCC5)cc3)[nH]n2)c1. The number of rotatable bonds is 5. The third-order valence-corrected chi connectivity index (χ3v) is 5.35. The van der Waals surface area contributed by atoms with Gasteiger partial charge in [0.1, 0.15) is 17.3 Å². The average Bonchev–Trinajstić information content (AvgIpc) is 3.51. The predicted octanol–water partition coefficient (Wildman–Crippen LogP) is 4.15. The van der Waals surface area contributed by atoms with Crippen LogP contribution >= 0.6 is 0 Å². The molecule has 0 saturated heterocycles. The van der Waals surface area contributed by atoms with Crippen molar-refractivity contribution in [3.63, 3.8) is 0 Å². The third-order valence-electron chi connectivity index (χ3n) is 5.35. The Morgan fingerprint density at radius 1 is 1.13 bits per heavy atom. The number of aromatic nitrogens is 4.